The summed E-state index contributed by atoms with van der Waals surface area (Å²) in [5, 5.41) is 9.89. The average Bonchev–Trinajstić information content (AvgIpc) is 3.34. The smallest absolute Gasteiger partial charge is 0.249 e. The SMILES string of the molecule is COc1cccc(-c2csc3nc(Nc4cc(-c5ccccc5)nc(C)n4)nn23)c1. The van der Waals surface area contributed by atoms with Crippen LogP contribution in [0, 0.1) is 6.92 Å². The van der Waals surface area contributed by atoms with Gasteiger partial charge in [0, 0.05) is 22.6 Å². The summed E-state index contributed by atoms with van der Waals surface area (Å²) in [4.78, 5) is 14.4. The number of anilines is 2. The first kappa shape index (κ1) is 18.3. The molecule has 0 fully saturated rings. The molecule has 0 aliphatic carbocycles. The summed E-state index contributed by atoms with van der Waals surface area (Å²) in [5.74, 6) is 2.62. The molecule has 0 saturated heterocycles. The molecular formula is C22H18N6OS. The third-order valence-corrected chi connectivity index (χ3v) is 5.41. The van der Waals surface area contributed by atoms with Gasteiger partial charge in [0.2, 0.25) is 10.9 Å². The fraction of sp³-hybridized carbons (Fsp3) is 0.0909. The highest BCUT2D eigenvalue weighted by molar-refractivity contribution is 7.15. The lowest BCUT2D eigenvalue weighted by Crippen LogP contribution is -2.00. The van der Waals surface area contributed by atoms with E-state index >= 15 is 0 Å². The number of thiazole rings is 1. The summed E-state index contributed by atoms with van der Waals surface area (Å²) < 4.78 is 7.17. The molecule has 5 aromatic rings. The largest absolute Gasteiger partial charge is 0.497 e. The number of hydrogen-bond acceptors (Lipinski definition) is 7. The molecule has 0 bridgehead atoms. The molecule has 7 nitrogen and oxygen atoms in total. The Balaban J connectivity index is 1.48. The lowest BCUT2D eigenvalue weighted by atomic mass is 10.1. The van der Waals surface area contributed by atoms with E-state index in [1.807, 2.05) is 77.5 Å². The van der Waals surface area contributed by atoms with E-state index in [0.29, 0.717) is 17.6 Å². The molecule has 0 aliphatic rings. The Labute approximate surface area is 177 Å². The third kappa shape index (κ3) is 3.48. The zero-order valence-electron chi connectivity index (χ0n) is 16.4. The van der Waals surface area contributed by atoms with Crippen molar-refractivity contribution in [1.82, 2.24) is 24.6 Å². The van der Waals surface area contributed by atoms with Gasteiger partial charge in [-0.2, -0.15) is 4.98 Å². The van der Waals surface area contributed by atoms with Crippen molar-refractivity contribution in [3.63, 3.8) is 0 Å². The quantitative estimate of drug-likeness (QED) is 0.437. The summed E-state index contributed by atoms with van der Waals surface area (Å²) in [6.07, 6.45) is 0. The normalized spacial score (nSPS) is 11.0. The summed E-state index contributed by atoms with van der Waals surface area (Å²) in [6.45, 7) is 1.87. The highest BCUT2D eigenvalue weighted by Gasteiger charge is 2.13. The van der Waals surface area contributed by atoms with Crippen LogP contribution in [0.3, 0.4) is 0 Å². The van der Waals surface area contributed by atoms with Crippen molar-refractivity contribution in [3.8, 4) is 28.3 Å². The maximum atomic E-state index is 5.34. The second kappa shape index (κ2) is 7.57. The van der Waals surface area contributed by atoms with Crippen molar-refractivity contribution in [3.05, 3.63) is 71.9 Å². The molecular weight excluding hydrogens is 396 g/mol. The van der Waals surface area contributed by atoms with E-state index in [1.165, 1.54) is 11.3 Å². The first-order valence-electron chi connectivity index (χ1n) is 9.36. The summed E-state index contributed by atoms with van der Waals surface area (Å²) in [7, 11) is 1.66. The van der Waals surface area contributed by atoms with Gasteiger partial charge in [0.1, 0.15) is 17.4 Å². The lowest BCUT2D eigenvalue weighted by Gasteiger charge is -2.06. The van der Waals surface area contributed by atoms with Crippen molar-refractivity contribution in [1.29, 1.82) is 0 Å². The molecule has 0 unspecified atom stereocenters. The Morgan fingerprint density at radius 3 is 2.60 bits per heavy atom. The van der Waals surface area contributed by atoms with E-state index in [4.69, 9.17) is 4.74 Å². The van der Waals surface area contributed by atoms with Gasteiger partial charge >= 0.3 is 0 Å². The highest BCUT2D eigenvalue weighted by atomic mass is 32.1. The van der Waals surface area contributed by atoms with Gasteiger partial charge in [-0.05, 0) is 19.1 Å². The Hall–Kier alpha value is -3.78. The van der Waals surface area contributed by atoms with Crippen LogP contribution >= 0.6 is 11.3 Å². The number of benzene rings is 2. The van der Waals surface area contributed by atoms with E-state index in [1.54, 1.807) is 7.11 Å². The maximum absolute atomic E-state index is 5.34. The molecule has 30 heavy (non-hydrogen) atoms. The minimum atomic E-state index is 0.489. The van der Waals surface area contributed by atoms with Gasteiger partial charge in [-0.25, -0.2) is 14.5 Å². The Kier molecular flexibility index (Phi) is 4.61. The topological polar surface area (TPSA) is 77.2 Å². The van der Waals surface area contributed by atoms with E-state index in [-0.39, 0.29) is 0 Å². The number of hydrogen-bond donors (Lipinski definition) is 1. The fourth-order valence-corrected chi connectivity index (χ4v) is 4.05. The van der Waals surface area contributed by atoms with Crippen LogP contribution in [0.1, 0.15) is 5.82 Å². The zero-order chi connectivity index (χ0) is 20.5. The second-order valence-electron chi connectivity index (χ2n) is 6.66. The van der Waals surface area contributed by atoms with Crippen LogP contribution in [-0.4, -0.2) is 31.7 Å². The fourth-order valence-electron chi connectivity index (χ4n) is 3.22. The molecule has 2 aromatic carbocycles. The molecule has 3 heterocycles. The van der Waals surface area contributed by atoms with Gasteiger partial charge in [-0.1, -0.05) is 42.5 Å². The summed E-state index contributed by atoms with van der Waals surface area (Å²) >= 11 is 1.53. The van der Waals surface area contributed by atoms with Gasteiger partial charge in [0.05, 0.1) is 18.5 Å². The molecule has 0 aliphatic heterocycles. The standard InChI is InChI=1S/C22H18N6OS/c1-14-23-18(15-7-4-3-5-8-15)12-20(24-14)25-21-26-22-28(27-21)19(13-30-22)16-9-6-10-17(11-16)29-2/h3-13H,1-2H3,(H,23,24,25,27). The van der Waals surface area contributed by atoms with Crippen molar-refractivity contribution in [2.24, 2.45) is 0 Å². The number of aryl methyl sites for hydroxylation is 1. The van der Waals surface area contributed by atoms with Gasteiger partial charge in [0.25, 0.3) is 0 Å². The predicted octanol–water partition coefficient (Wildman–Crippen LogP) is 4.98. The summed E-state index contributed by atoms with van der Waals surface area (Å²) in [5.41, 5.74) is 3.86. The average molecular weight is 414 g/mol. The van der Waals surface area contributed by atoms with E-state index in [9.17, 15) is 0 Å². The van der Waals surface area contributed by atoms with E-state index in [2.05, 4.69) is 25.4 Å². The Morgan fingerprint density at radius 2 is 1.77 bits per heavy atom. The van der Waals surface area contributed by atoms with Crippen molar-refractivity contribution in [2.45, 2.75) is 6.92 Å². The predicted molar refractivity (Wildman–Crippen MR) is 118 cm³/mol. The number of methoxy groups -OCH3 is 1. The number of nitrogens with one attached hydrogen (secondary N) is 1. The van der Waals surface area contributed by atoms with Crippen LogP contribution in [0.5, 0.6) is 5.75 Å². The first-order valence-corrected chi connectivity index (χ1v) is 10.2. The molecule has 8 heteroatoms. The van der Waals surface area contributed by atoms with E-state index < -0.39 is 0 Å². The highest BCUT2D eigenvalue weighted by Crippen LogP contribution is 2.29. The van der Waals surface area contributed by atoms with Crippen LogP contribution in [0.25, 0.3) is 27.5 Å². The number of ether oxygens (including phenoxy) is 1. The second-order valence-corrected chi connectivity index (χ2v) is 7.50. The first-order chi connectivity index (χ1) is 14.7. The minimum Gasteiger partial charge on any atom is -0.497 e. The zero-order valence-corrected chi connectivity index (χ0v) is 17.2. The van der Waals surface area contributed by atoms with Crippen LogP contribution in [0.4, 0.5) is 11.8 Å². The molecule has 0 amide bonds. The van der Waals surface area contributed by atoms with Crippen molar-refractivity contribution < 1.29 is 4.74 Å². The summed E-state index contributed by atoms with van der Waals surface area (Å²) in [6, 6.07) is 19.8. The number of fused-ring (bicyclic) bond motifs is 1. The molecule has 0 radical (unpaired) electrons. The molecule has 0 atom stereocenters. The minimum absolute atomic E-state index is 0.489. The van der Waals surface area contributed by atoms with Crippen molar-refractivity contribution in [2.75, 3.05) is 12.4 Å². The van der Waals surface area contributed by atoms with Crippen LogP contribution < -0.4 is 10.1 Å². The monoisotopic (exact) mass is 414 g/mol. The van der Waals surface area contributed by atoms with Crippen LogP contribution in [0.15, 0.2) is 66.0 Å². The molecule has 0 saturated carbocycles. The Bertz CT molecular complexity index is 1330. The molecule has 5 rings (SSSR count). The lowest BCUT2D eigenvalue weighted by molar-refractivity contribution is 0.415. The van der Waals surface area contributed by atoms with Crippen molar-refractivity contribution >= 4 is 28.1 Å². The van der Waals surface area contributed by atoms with Crippen LogP contribution in [-0.2, 0) is 0 Å². The van der Waals surface area contributed by atoms with Gasteiger partial charge < -0.3 is 10.1 Å². The van der Waals surface area contributed by atoms with Gasteiger partial charge in [-0.15, -0.1) is 16.4 Å². The van der Waals surface area contributed by atoms with Gasteiger partial charge in [-0.3, -0.25) is 0 Å². The van der Waals surface area contributed by atoms with Gasteiger partial charge in [0.15, 0.2) is 0 Å². The third-order valence-electron chi connectivity index (χ3n) is 4.59. The number of nitrogens with zero attached hydrogens (tertiary/aromatic N) is 5. The van der Waals surface area contributed by atoms with E-state index in [0.717, 1.165) is 33.2 Å². The van der Waals surface area contributed by atoms with Crippen LogP contribution in [0.2, 0.25) is 0 Å². The molecule has 148 valence electrons. The molecule has 3 aromatic heterocycles. The Morgan fingerprint density at radius 1 is 0.933 bits per heavy atom. The molecule has 0 spiro atoms. The maximum Gasteiger partial charge on any atom is 0.249 e. The number of rotatable bonds is 5. The number of aromatic nitrogens is 5. The molecule has 1 N–H and O–H groups in total.